The van der Waals surface area contributed by atoms with E-state index < -0.39 is 0 Å². The van der Waals surface area contributed by atoms with E-state index in [9.17, 15) is 0 Å². The Labute approximate surface area is 150 Å². The monoisotopic (exact) mass is 337 g/mol. The molecule has 25 heavy (non-hydrogen) atoms. The van der Waals surface area contributed by atoms with Crippen LogP contribution in [0.3, 0.4) is 0 Å². The van der Waals surface area contributed by atoms with Gasteiger partial charge in [0.1, 0.15) is 5.75 Å². The van der Waals surface area contributed by atoms with E-state index in [1.807, 2.05) is 7.05 Å². The highest BCUT2D eigenvalue weighted by Crippen LogP contribution is 2.47. The Morgan fingerprint density at radius 2 is 1.88 bits per heavy atom. The highest BCUT2D eigenvalue weighted by molar-refractivity contribution is 5.79. The quantitative estimate of drug-likeness (QED) is 0.627. The van der Waals surface area contributed by atoms with Crippen LogP contribution < -0.4 is 15.4 Å². The summed E-state index contributed by atoms with van der Waals surface area (Å²) in [7, 11) is 3.52. The number of nitrogens with zero attached hydrogens (tertiary/aromatic N) is 1. The third-order valence-electron chi connectivity index (χ3n) is 4.99. The average Bonchev–Trinajstić information content (AvgIpc) is 3.45. The number of rotatable bonds is 6. The van der Waals surface area contributed by atoms with Gasteiger partial charge in [0, 0.05) is 25.6 Å². The number of aliphatic imine (C=N–C) groups is 1. The van der Waals surface area contributed by atoms with Gasteiger partial charge in [0.25, 0.3) is 0 Å². The zero-order chi connectivity index (χ0) is 17.7. The molecule has 1 aliphatic carbocycles. The number of benzene rings is 2. The molecule has 0 heterocycles. The van der Waals surface area contributed by atoms with Crippen molar-refractivity contribution in [1.82, 2.24) is 10.6 Å². The molecule has 0 aromatic heterocycles. The maximum Gasteiger partial charge on any atom is 0.191 e. The highest BCUT2D eigenvalue weighted by Gasteiger charge is 2.43. The summed E-state index contributed by atoms with van der Waals surface area (Å²) in [5, 5.41) is 6.88. The van der Waals surface area contributed by atoms with Gasteiger partial charge in [-0.25, -0.2) is 0 Å². The van der Waals surface area contributed by atoms with Gasteiger partial charge >= 0.3 is 0 Å². The zero-order valence-corrected chi connectivity index (χ0v) is 15.3. The fourth-order valence-corrected chi connectivity index (χ4v) is 3.14. The van der Waals surface area contributed by atoms with Crippen molar-refractivity contribution in [2.24, 2.45) is 4.99 Å². The topological polar surface area (TPSA) is 45.7 Å². The van der Waals surface area contributed by atoms with E-state index in [4.69, 9.17) is 4.74 Å². The molecule has 0 bridgehead atoms. The molecule has 3 rings (SSSR count). The molecule has 0 amide bonds. The minimum Gasteiger partial charge on any atom is -0.496 e. The number of ether oxygens (including phenoxy) is 1. The minimum atomic E-state index is 0.270. The van der Waals surface area contributed by atoms with Gasteiger partial charge in [-0.1, -0.05) is 42.5 Å². The Kier molecular flexibility index (Phi) is 5.27. The fraction of sp³-hybridized carbons (Fsp3) is 0.381. The van der Waals surface area contributed by atoms with Gasteiger partial charge in [0.15, 0.2) is 5.96 Å². The van der Waals surface area contributed by atoms with E-state index in [1.54, 1.807) is 7.11 Å². The average molecular weight is 337 g/mol. The standard InChI is InChI=1S/C21H27N3O/c1-16-9-10-17(13-19(16)25-3)14-23-20(22-2)24-15-21(11-12-21)18-7-5-4-6-8-18/h4-10,13H,11-12,14-15H2,1-3H3,(H2,22,23,24). The Morgan fingerprint density at radius 3 is 2.52 bits per heavy atom. The largest absolute Gasteiger partial charge is 0.496 e. The Balaban J connectivity index is 1.56. The number of hydrogen-bond acceptors (Lipinski definition) is 2. The van der Waals surface area contributed by atoms with Crippen LogP contribution in [0.1, 0.15) is 29.5 Å². The lowest BCUT2D eigenvalue weighted by Crippen LogP contribution is -2.40. The third kappa shape index (κ3) is 4.13. The summed E-state index contributed by atoms with van der Waals surface area (Å²) in [5.74, 6) is 1.75. The molecule has 0 atom stereocenters. The summed E-state index contributed by atoms with van der Waals surface area (Å²) in [6, 6.07) is 17.0. The van der Waals surface area contributed by atoms with E-state index >= 15 is 0 Å². The molecule has 2 aromatic rings. The first-order valence-electron chi connectivity index (χ1n) is 8.80. The number of methoxy groups -OCH3 is 1. The second kappa shape index (κ2) is 7.60. The summed E-state index contributed by atoms with van der Waals surface area (Å²) in [6.45, 7) is 3.68. The second-order valence-electron chi connectivity index (χ2n) is 6.73. The number of aryl methyl sites for hydroxylation is 1. The lowest BCUT2D eigenvalue weighted by molar-refractivity contribution is 0.411. The summed E-state index contributed by atoms with van der Waals surface area (Å²) in [4.78, 5) is 4.35. The number of hydrogen-bond donors (Lipinski definition) is 2. The van der Waals surface area contributed by atoms with Gasteiger partial charge in [-0.3, -0.25) is 4.99 Å². The van der Waals surface area contributed by atoms with Crippen molar-refractivity contribution in [2.75, 3.05) is 20.7 Å². The van der Waals surface area contributed by atoms with Gasteiger partial charge in [-0.2, -0.15) is 0 Å². The molecule has 1 fully saturated rings. The van der Waals surface area contributed by atoms with Crippen LogP contribution in [0.2, 0.25) is 0 Å². The number of guanidine groups is 1. The van der Waals surface area contributed by atoms with Crippen LogP contribution in [0.15, 0.2) is 53.5 Å². The Morgan fingerprint density at radius 1 is 1.12 bits per heavy atom. The first kappa shape index (κ1) is 17.3. The zero-order valence-electron chi connectivity index (χ0n) is 15.3. The van der Waals surface area contributed by atoms with Crippen LogP contribution in [0.5, 0.6) is 5.75 Å². The first-order chi connectivity index (χ1) is 12.2. The van der Waals surface area contributed by atoms with Crippen molar-refractivity contribution in [2.45, 2.75) is 31.7 Å². The van der Waals surface area contributed by atoms with Gasteiger partial charge in [-0.05, 0) is 42.5 Å². The van der Waals surface area contributed by atoms with Crippen LogP contribution in [0.4, 0.5) is 0 Å². The molecule has 1 aliphatic rings. The summed E-state index contributed by atoms with van der Waals surface area (Å²) in [6.07, 6.45) is 2.46. The molecule has 1 saturated carbocycles. The maximum absolute atomic E-state index is 5.39. The lowest BCUT2D eigenvalue weighted by atomic mass is 9.96. The lowest BCUT2D eigenvalue weighted by Gasteiger charge is -2.19. The van der Waals surface area contributed by atoms with E-state index in [0.29, 0.717) is 6.54 Å². The molecule has 2 N–H and O–H groups in total. The molecule has 2 aromatic carbocycles. The van der Waals surface area contributed by atoms with Crippen molar-refractivity contribution < 1.29 is 4.74 Å². The summed E-state index contributed by atoms with van der Waals surface area (Å²) < 4.78 is 5.39. The van der Waals surface area contributed by atoms with Crippen molar-refractivity contribution >= 4 is 5.96 Å². The van der Waals surface area contributed by atoms with Crippen LogP contribution in [-0.4, -0.2) is 26.7 Å². The predicted octanol–water partition coefficient (Wildman–Crippen LogP) is 3.40. The van der Waals surface area contributed by atoms with E-state index in [2.05, 4.69) is 71.1 Å². The van der Waals surface area contributed by atoms with Crippen molar-refractivity contribution in [1.29, 1.82) is 0 Å². The van der Waals surface area contributed by atoms with Gasteiger partial charge in [0.05, 0.1) is 7.11 Å². The molecular weight excluding hydrogens is 310 g/mol. The van der Waals surface area contributed by atoms with Crippen molar-refractivity contribution in [3.05, 3.63) is 65.2 Å². The summed E-state index contributed by atoms with van der Waals surface area (Å²) in [5.41, 5.74) is 4.01. The number of nitrogens with one attached hydrogen (secondary N) is 2. The molecule has 0 spiro atoms. The second-order valence-corrected chi connectivity index (χ2v) is 6.73. The molecule has 0 unspecified atom stereocenters. The summed E-state index contributed by atoms with van der Waals surface area (Å²) >= 11 is 0. The van der Waals surface area contributed by atoms with E-state index in [1.165, 1.54) is 24.0 Å². The normalized spacial score (nSPS) is 15.6. The minimum absolute atomic E-state index is 0.270. The van der Waals surface area contributed by atoms with E-state index in [-0.39, 0.29) is 5.41 Å². The maximum atomic E-state index is 5.39. The molecule has 4 heteroatoms. The van der Waals surface area contributed by atoms with Crippen LogP contribution in [0, 0.1) is 6.92 Å². The molecule has 0 saturated heterocycles. The smallest absolute Gasteiger partial charge is 0.191 e. The van der Waals surface area contributed by atoms with E-state index in [0.717, 1.165) is 23.8 Å². The molecule has 0 aliphatic heterocycles. The van der Waals surface area contributed by atoms with Gasteiger partial charge in [0.2, 0.25) is 0 Å². The van der Waals surface area contributed by atoms with Gasteiger partial charge in [-0.15, -0.1) is 0 Å². The molecular formula is C21H27N3O. The first-order valence-corrected chi connectivity index (χ1v) is 8.80. The van der Waals surface area contributed by atoms with Crippen LogP contribution in [-0.2, 0) is 12.0 Å². The highest BCUT2D eigenvalue weighted by atomic mass is 16.5. The molecule has 4 nitrogen and oxygen atoms in total. The molecule has 132 valence electrons. The van der Waals surface area contributed by atoms with Gasteiger partial charge < -0.3 is 15.4 Å². The van der Waals surface area contributed by atoms with Crippen LogP contribution >= 0.6 is 0 Å². The van der Waals surface area contributed by atoms with Crippen LogP contribution in [0.25, 0.3) is 0 Å². The predicted molar refractivity (Wildman–Crippen MR) is 103 cm³/mol. The molecule has 0 radical (unpaired) electrons. The van der Waals surface area contributed by atoms with Crippen molar-refractivity contribution in [3.8, 4) is 5.75 Å². The fourth-order valence-electron chi connectivity index (χ4n) is 3.14. The Hall–Kier alpha value is -2.49. The van der Waals surface area contributed by atoms with Crippen molar-refractivity contribution in [3.63, 3.8) is 0 Å². The third-order valence-corrected chi connectivity index (χ3v) is 4.99. The Bertz CT molecular complexity index is 736. The SMILES string of the molecule is CN=C(NCc1ccc(C)c(OC)c1)NCC1(c2ccccc2)CC1.